The van der Waals surface area contributed by atoms with Gasteiger partial charge >= 0.3 is 0 Å². The summed E-state index contributed by atoms with van der Waals surface area (Å²) in [7, 11) is 0. The number of amides is 1. The molecule has 0 spiro atoms. The van der Waals surface area contributed by atoms with Gasteiger partial charge in [0.2, 0.25) is 0 Å². The number of likely N-dealkylation sites (tertiary alicyclic amines) is 1. The number of halogens is 2. The van der Waals surface area contributed by atoms with Gasteiger partial charge in [-0.15, -0.1) is 0 Å². The third kappa shape index (κ3) is 3.74. The highest BCUT2D eigenvalue weighted by molar-refractivity contribution is 6.31. The smallest absolute Gasteiger partial charge is 0.276 e. The van der Waals surface area contributed by atoms with E-state index >= 15 is 0 Å². The van der Waals surface area contributed by atoms with Crippen molar-refractivity contribution < 1.29 is 13.7 Å². The van der Waals surface area contributed by atoms with Crippen molar-refractivity contribution >= 4 is 17.5 Å². The third-order valence-corrected chi connectivity index (χ3v) is 5.31. The molecular formula is C21H18ClFN2O2. The van der Waals surface area contributed by atoms with Crippen molar-refractivity contribution in [2.24, 2.45) is 0 Å². The molecule has 2 aromatic carbocycles. The zero-order valence-electron chi connectivity index (χ0n) is 14.6. The third-order valence-electron chi connectivity index (χ3n) is 4.97. The van der Waals surface area contributed by atoms with E-state index in [1.54, 1.807) is 17.0 Å². The van der Waals surface area contributed by atoms with Crippen LogP contribution in [-0.2, 0) is 0 Å². The molecule has 0 aliphatic carbocycles. The lowest BCUT2D eigenvalue weighted by molar-refractivity contribution is 0.0702. The number of nitrogens with zero attached hydrogens (tertiary/aromatic N) is 2. The van der Waals surface area contributed by atoms with E-state index in [0.717, 1.165) is 24.0 Å². The van der Waals surface area contributed by atoms with Crippen LogP contribution in [0.4, 0.5) is 4.39 Å². The maximum Gasteiger partial charge on any atom is 0.276 e. The van der Waals surface area contributed by atoms with Crippen LogP contribution >= 0.6 is 11.6 Å². The Morgan fingerprint density at radius 3 is 2.59 bits per heavy atom. The molecule has 0 N–H and O–H groups in total. The lowest BCUT2D eigenvalue weighted by atomic mass is 9.89. The van der Waals surface area contributed by atoms with Crippen LogP contribution in [0.5, 0.6) is 0 Å². The Hall–Kier alpha value is -2.66. The Morgan fingerprint density at radius 1 is 1.11 bits per heavy atom. The molecule has 0 unspecified atom stereocenters. The first kappa shape index (κ1) is 17.7. The van der Waals surface area contributed by atoms with E-state index in [1.807, 2.05) is 30.3 Å². The van der Waals surface area contributed by atoms with E-state index in [2.05, 4.69) is 5.16 Å². The molecule has 4 rings (SSSR count). The second-order valence-electron chi connectivity index (χ2n) is 6.67. The lowest BCUT2D eigenvalue weighted by Gasteiger charge is -2.32. The molecule has 27 heavy (non-hydrogen) atoms. The predicted octanol–water partition coefficient (Wildman–Crippen LogP) is 5.15. The highest BCUT2D eigenvalue weighted by atomic mass is 35.5. The van der Waals surface area contributed by atoms with Gasteiger partial charge in [0.05, 0.1) is 0 Å². The second kappa shape index (κ2) is 7.53. The van der Waals surface area contributed by atoms with Gasteiger partial charge in [0.25, 0.3) is 5.91 Å². The Kier molecular flexibility index (Phi) is 4.94. The topological polar surface area (TPSA) is 46.3 Å². The van der Waals surface area contributed by atoms with Gasteiger partial charge in [-0.3, -0.25) is 4.79 Å². The zero-order chi connectivity index (χ0) is 18.8. The molecule has 138 valence electrons. The van der Waals surface area contributed by atoms with Gasteiger partial charge in [0.15, 0.2) is 11.5 Å². The van der Waals surface area contributed by atoms with Gasteiger partial charge in [-0.25, -0.2) is 4.39 Å². The summed E-state index contributed by atoms with van der Waals surface area (Å²) in [4.78, 5) is 14.5. The Labute approximate surface area is 161 Å². The van der Waals surface area contributed by atoms with Gasteiger partial charge in [-0.1, -0.05) is 47.1 Å². The van der Waals surface area contributed by atoms with Crippen molar-refractivity contribution in [2.45, 2.75) is 18.8 Å². The maximum absolute atomic E-state index is 13.5. The van der Waals surface area contributed by atoms with Crippen LogP contribution in [0.3, 0.4) is 0 Å². The van der Waals surface area contributed by atoms with Crippen molar-refractivity contribution in [2.75, 3.05) is 13.1 Å². The number of hydrogen-bond acceptors (Lipinski definition) is 3. The predicted molar refractivity (Wildman–Crippen MR) is 101 cm³/mol. The lowest BCUT2D eigenvalue weighted by Crippen LogP contribution is -2.38. The fourth-order valence-electron chi connectivity index (χ4n) is 3.50. The van der Waals surface area contributed by atoms with E-state index in [4.69, 9.17) is 16.1 Å². The van der Waals surface area contributed by atoms with Gasteiger partial charge in [-0.05, 0) is 42.5 Å². The Balaban J connectivity index is 1.43. The van der Waals surface area contributed by atoms with Crippen LogP contribution in [0.1, 0.15) is 34.8 Å². The highest BCUT2D eigenvalue weighted by Gasteiger charge is 2.27. The summed E-state index contributed by atoms with van der Waals surface area (Å²) in [6, 6.07) is 15.7. The molecule has 1 aliphatic heterocycles. The molecule has 3 aromatic rings. The molecule has 4 nitrogen and oxygen atoms in total. The van der Waals surface area contributed by atoms with E-state index in [1.165, 1.54) is 12.1 Å². The van der Waals surface area contributed by atoms with E-state index < -0.39 is 0 Å². The number of benzene rings is 2. The number of aromatic nitrogens is 1. The first-order valence-electron chi connectivity index (χ1n) is 8.88. The highest BCUT2D eigenvalue weighted by Crippen LogP contribution is 2.33. The van der Waals surface area contributed by atoms with Crippen LogP contribution in [0.25, 0.3) is 11.3 Å². The minimum atomic E-state index is -0.288. The van der Waals surface area contributed by atoms with Gasteiger partial charge in [-0.2, -0.15) is 0 Å². The van der Waals surface area contributed by atoms with Crippen molar-refractivity contribution in [3.63, 3.8) is 0 Å². The molecule has 0 bridgehead atoms. The Bertz CT molecular complexity index is 950. The van der Waals surface area contributed by atoms with Crippen LogP contribution in [0.2, 0.25) is 5.02 Å². The summed E-state index contributed by atoms with van der Waals surface area (Å²) in [6.45, 7) is 1.15. The van der Waals surface area contributed by atoms with Crippen molar-refractivity contribution in [3.05, 3.63) is 76.7 Å². The first-order valence-corrected chi connectivity index (χ1v) is 9.26. The SMILES string of the molecule is O=C(c1cc(-c2ccccc2)on1)N1CCC(c2cc(F)ccc2Cl)CC1. The molecule has 1 amide bonds. The maximum atomic E-state index is 13.5. The van der Waals surface area contributed by atoms with E-state index in [9.17, 15) is 9.18 Å². The summed E-state index contributed by atoms with van der Waals surface area (Å²) in [5.74, 6) is 0.281. The normalized spacial score (nSPS) is 15.1. The van der Waals surface area contributed by atoms with E-state index in [-0.39, 0.29) is 17.6 Å². The molecule has 2 heterocycles. The summed E-state index contributed by atoms with van der Waals surface area (Å²) < 4.78 is 18.9. The minimum Gasteiger partial charge on any atom is -0.355 e. The minimum absolute atomic E-state index is 0.148. The number of carbonyl (C=O) groups excluding carboxylic acids is 1. The average Bonchev–Trinajstić information content (AvgIpc) is 3.20. The van der Waals surface area contributed by atoms with E-state index in [0.29, 0.717) is 29.6 Å². The molecule has 6 heteroatoms. The van der Waals surface area contributed by atoms with Crippen molar-refractivity contribution in [1.29, 1.82) is 0 Å². The van der Waals surface area contributed by atoms with Crippen LogP contribution in [0, 0.1) is 5.82 Å². The molecule has 0 atom stereocenters. The molecule has 1 fully saturated rings. The molecule has 1 aliphatic rings. The van der Waals surface area contributed by atoms with Crippen molar-refractivity contribution in [1.82, 2.24) is 10.1 Å². The number of piperidine rings is 1. The van der Waals surface area contributed by atoms with Gasteiger partial charge < -0.3 is 9.42 Å². The number of rotatable bonds is 3. The molecule has 0 radical (unpaired) electrons. The summed E-state index contributed by atoms with van der Waals surface area (Å²) in [5, 5.41) is 4.51. The van der Waals surface area contributed by atoms with Gasteiger partial charge in [0, 0.05) is 29.7 Å². The van der Waals surface area contributed by atoms with Crippen LogP contribution in [0.15, 0.2) is 59.1 Å². The largest absolute Gasteiger partial charge is 0.355 e. The summed E-state index contributed by atoms with van der Waals surface area (Å²) in [6.07, 6.45) is 1.47. The molecular weight excluding hydrogens is 367 g/mol. The van der Waals surface area contributed by atoms with Crippen molar-refractivity contribution in [3.8, 4) is 11.3 Å². The summed E-state index contributed by atoms with van der Waals surface area (Å²) in [5.41, 5.74) is 2.00. The fraction of sp³-hybridized carbons (Fsp3) is 0.238. The number of carbonyl (C=O) groups is 1. The standard InChI is InChI=1S/C21H18ClFN2O2/c22-18-7-6-16(23)12-17(18)14-8-10-25(11-9-14)21(26)19-13-20(27-24-19)15-4-2-1-3-5-15/h1-7,12-14H,8-11H2. The monoisotopic (exact) mass is 384 g/mol. The zero-order valence-corrected chi connectivity index (χ0v) is 15.3. The van der Waals surface area contributed by atoms with Gasteiger partial charge in [0.1, 0.15) is 5.82 Å². The van der Waals surface area contributed by atoms with Crippen LogP contribution < -0.4 is 0 Å². The Morgan fingerprint density at radius 2 is 1.85 bits per heavy atom. The summed E-state index contributed by atoms with van der Waals surface area (Å²) >= 11 is 6.22. The first-order chi connectivity index (χ1) is 13.1. The quantitative estimate of drug-likeness (QED) is 0.627. The van der Waals surface area contributed by atoms with Crippen LogP contribution in [-0.4, -0.2) is 29.1 Å². The molecule has 1 saturated heterocycles. The second-order valence-corrected chi connectivity index (χ2v) is 7.08. The molecule has 0 saturated carbocycles. The molecule has 1 aromatic heterocycles. The fourth-order valence-corrected chi connectivity index (χ4v) is 3.77. The number of hydrogen-bond donors (Lipinski definition) is 0. The average molecular weight is 385 g/mol.